The molecule has 0 aromatic carbocycles. The van der Waals surface area contributed by atoms with E-state index in [1.54, 1.807) is 12.4 Å². The first-order valence-electron chi connectivity index (χ1n) is 6.20. The molecule has 5 nitrogen and oxygen atoms in total. The summed E-state index contributed by atoms with van der Waals surface area (Å²) in [4.78, 5) is 8.55. The summed E-state index contributed by atoms with van der Waals surface area (Å²) in [5.74, 6) is 2.95. The lowest BCUT2D eigenvalue weighted by Crippen LogP contribution is -2.22. The zero-order valence-electron chi connectivity index (χ0n) is 10.2. The second-order valence-corrected chi connectivity index (χ2v) is 5.07. The molecule has 2 unspecified atom stereocenters. The number of aromatic nitrogens is 2. The molecule has 17 heavy (non-hydrogen) atoms. The van der Waals surface area contributed by atoms with Crippen LogP contribution in [-0.4, -0.2) is 35.2 Å². The molecule has 1 aliphatic heterocycles. The van der Waals surface area contributed by atoms with Crippen molar-refractivity contribution in [1.29, 1.82) is 0 Å². The molecule has 2 aliphatic rings. The van der Waals surface area contributed by atoms with E-state index in [0.717, 1.165) is 30.7 Å². The SMILES string of the molecule is CC(C)Oc1cncc(NC2C3CNCC32)n1. The second kappa shape index (κ2) is 4.14. The summed E-state index contributed by atoms with van der Waals surface area (Å²) in [7, 11) is 0. The maximum absolute atomic E-state index is 5.52. The van der Waals surface area contributed by atoms with Gasteiger partial charge in [0.25, 0.3) is 0 Å². The molecule has 0 amide bonds. The van der Waals surface area contributed by atoms with Gasteiger partial charge in [0.1, 0.15) is 5.82 Å². The summed E-state index contributed by atoms with van der Waals surface area (Å²) < 4.78 is 5.52. The summed E-state index contributed by atoms with van der Waals surface area (Å²) in [5.41, 5.74) is 0. The van der Waals surface area contributed by atoms with Gasteiger partial charge in [-0.25, -0.2) is 0 Å². The fraction of sp³-hybridized carbons (Fsp3) is 0.667. The van der Waals surface area contributed by atoms with Gasteiger partial charge in [-0.2, -0.15) is 4.98 Å². The van der Waals surface area contributed by atoms with E-state index in [1.165, 1.54) is 0 Å². The highest BCUT2D eigenvalue weighted by Crippen LogP contribution is 2.43. The van der Waals surface area contributed by atoms with Gasteiger partial charge in [0.15, 0.2) is 0 Å². The van der Waals surface area contributed by atoms with E-state index in [9.17, 15) is 0 Å². The largest absolute Gasteiger partial charge is 0.474 e. The van der Waals surface area contributed by atoms with Crippen LogP contribution in [0.15, 0.2) is 12.4 Å². The van der Waals surface area contributed by atoms with Crippen LogP contribution in [0.25, 0.3) is 0 Å². The van der Waals surface area contributed by atoms with Crippen molar-refractivity contribution in [2.45, 2.75) is 26.0 Å². The van der Waals surface area contributed by atoms with E-state index in [-0.39, 0.29) is 6.10 Å². The first-order valence-corrected chi connectivity index (χ1v) is 6.20. The van der Waals surface area contributed by atoms with Crippen molar-refractivity contribution in [1.82, 2.24) is 15.3 Å². The third kappa shape index (κ3) is 2.20. The normalized spacial score (nSPS) is 30.2. The van der Waals surface area contributed by atoms with E-state index in [1.807, 2.05) is 13.8 Å². The molecule has 1 aromatic rings. The molecule has 2 fully saturated rings. The van der Waals surface area contributed by atoms with Crippen LogP contribution in [0.3, 0.4) is 0 Å². The minimum Gasteiger partial charge on any atom is -0.474 e. The van der Waals surface area contributed by atoms with Crippen molar-refractivity contribution in [3.8, 4) is 5.88 Å². The zero-order valence-corrected chi connectivity index (χ0v) is 10.2. The van der Waals surface area contributed by atoms with Gasteiger partial charge in [-0.3, -0.25) is 4.98 Å². The molecule has 1 aliphatic carbocycles. The van der Waals surface area contributed by atoms with Crippen molar-refractivity contribution in [3.05, 3.63) is 12.4 Å². The quantitative estimate of drug-likeness (QED) is 0.810. The van der Waals surface area contributed by atoms with Gasteiger partial charge in [0, 0.05) is 19.1 Å². The molecule has 1 aromatic heterocycles. The minimum absolute atomic E-state index is 0.129. The molecular weight excluding hydrogens is 216 g/mol. The highest BCUT2D eigenvalue weighted by Gasteiger charge is 2.53. The molecule has 0 spiro atoms. The Morgan fingerprint density at radius 2 is 2.12 bits per heavy atom. The number of ether oxygens (including phenoxy) is 1. The molecule has 5 heteroatoms. The molecule has 1 saturated carbocycles. The number of fused-ring (bicyclic) bond motifs is 1. The maximum atomic E-state index is 5.52. The van der Waals surface area contributed by atoms with Crippen molar-refractivity contribution in [2.75, 3.05) is 18.4 Å². The van der Waals surface area contributed by atoms with Gasteiger partial charge >= 0.3 is 0 Å². The molecule has 92 valence electrons. The van der Waals surface area contributed by atoms with Crippen molar-refractivity contribution in [2.24, 2.45) is 11.8 Å². The Labute approximate surface area is 101 Å². The van der Waals surface area contributed by atoms with Gasteiger partial charge in [0.2, 0.25) is 5.88 Å². The monoisotopic (exact) mass is 234 g/mol. The highest BCUT2D eigenvalue weighted by molar-refractivity contribution is 5.38. The Bertz CT molecular complexity index is 399. The summed E-state index contributed by atoms with van der Waals surface area (Å²) >= 11 is 0. The molecule has 2 N–H and O–H groups in total. The fourth-order valence-electron chi connectivity index (χ4n) is 2.52. The van der Waals surface area contributed by atoms with Crippen LogP contribution in [0, 0.1) is 11.8 Å². The molecule has 0 radical (unpaired) electrons. The van der Waals surface area contributed by atoms with Crippen LogP contribution in [0.2, 0.25) is 0 Å². The molecule has 2 atom stereocenters. The standard InChI is InChI=1S/C12H18N4O/c1-7(2)17-11-6-14-5-10(15-11)16-12-8-3-13-4-9(8)12/h5-9,12-13H,3-4H2,1-2H3,(H,15,16). The van der Waals surface area contributed by atoms with E-state index in [2.05, 4.69) is 20.6 Å². The first kappa shape index (κ1) is 10.8. The van der Waals surface area contributed by atoms with Crippen molar-refractivity contribution >= 4 is 5.82 Å². The van der Waals surface area contributed by atoms with Crippen LogP contribution >= 0.6 is 0 Å². The summed E-state index contributed by atoms with van der Waals surface area (Å²) in [6, 6.07) is 0.569. The first-order chi connectivity index (χ1) is 8.24. The lowest BCUT2D eigenvalue weighted by molar-refractivity contribution is 0.232. The van der Waals surface area contributed by atoms with Crippen LogP contribution < -0.4 is 15.4 Å². The van der Waals surface area contributed by atoms with Crippen molar-refractivity contribution in [3.63, 3.8) is 0 Å². The molecule has 3 rings (SSSR count). The molecule has 1 saturated heterocycles. The number of hydrogen-bond acceptors (Lipinski definition) is 5. The number of nitrogens with one attached hydrogen (secondary N) is 2. The molecular formula is C12H18N4O. The van der Waals surface area contributed by atoms with E-state index >= 15 is 0 Å². The third-order valence-electron chi connectivity index (χ3n) is 3.38. The van der Waals surface area contributed by atoms with Gasteiger partial charge in [-0.15, -0.1) is 0 Å². The number of piperidine rings is 1. The third-order valence-corrected chi connectivity index (χ3v) is 3.38. The lowest BCUT2D eigenvalue weighted by Gasteiger charge is -2.11. The van der Waals surface area contributed by atoms with Crippen molar-refractivity contribution < 1.29 is 4.74 Å². The Kier molecular flexibility index (Phi) is 2.63. The molecule has 2 heterocycles. The Morgan fingerprint density at radius 1 is 1.35 bits per heavy atom. The van der Waals surface area contributed by atoms with E-state index < -0.39 is 0 Å². The fourth-order valence-corrected chi connectivity index (χ4v) is 2.52. The van der Waals surface area contributed by atoms with E-state index in [4.69, 9.17) is 4.74 Å². The maximum Gasteiger partial charge on any atom is 0.234 e. The van der Waals surface area contributed by atoms with Gasteiger partial charge in [-0.1, -0.05) is 0 Å². The van der Waals surface area contributed by atoms with Gasteiger partial charge in [0.05, 0.1) is 18.5 Å². The zero-order chi connectivity index (χ0) is 11.8. The minimum atomic E-state index is 0.129. The Morgan fingerprint density at radius 3 is 2.82 bits per heavy atom. The van der Waals surface area contributed by atoms with Gasteiger partial charge in [-0.05, 0) is 25.7 Å². The van der Waals surface area contributed by atoms with Crippen LogP contribution in [0.4, 0.5) is 5.82 Å². The Hall–Kier alpha value is -1.36. The Balaban J connectivity index is 1.63. The average molecular weight is 234 g/mol. The predicted octanol–water partition coefficient (Wildman–Crippen LogP) is 0.893. The van der Waals surface area contributed by atoms with E-state index in [0.29, 0.717) is 11.9 Å². The molecule has 0 bridgehead atoms. The second-order valence-electron chi connectivity index (χ2n) is 5.07. The summed E-state index contributed by atoms with van der Waals surface area (Å²) in [6.07, 6.45) is 3.54. The number of hydrogen-bond donors (Lipinski definition) is 2. The summed E-state index contributed by atoms with van der Waals surface area (Å²) in [6.45, 7) is 6.22. The van der Waals surface area contributed by atoms with Crippen LogP contribution in [0.1, 0.15) is 13.8 Å². The number of nitrogens with zero attached hydrogens (tertiary/aromatic N) is 2. The predicted molar refractivity (Wildman–Crippen MR) is 65.1 cm³/mol. The summed E-state index contributed by atoms with van der Waals surface area (Å²) in [5, 5.41) is 6.81. The highest BCUT2D eigenvalue weighted by atomic mass is 16.5. The smallest absolute Gasteiger partial charge is 0.234 e. The average Bonchev–Trinajstić information content (AvgIpc) is 2.74. The van der Waals surface area contributed by atoms with Gasteiger partial charge < -0.3 is 15.4 Å². The number of rotatable bonds is 4. The topological polar surface area (TPSA) is 59.1 Å². The lowest BCUT2D eigenvalue weighted by atomic mass is 10.4. The van der Waals surface area contributed by atoms with Crippen LogP contribution in [0.5, 0.6) is 5.88 Å². The number of anilines is 1. The van der Waals surface area contributed by atoms with Crippen LogP contribution in [-0.2, 0) is 0 Å².